The molecule has 4 nitrogen and oxygen atoms in total. The van der Waals surface area contributed by atoms with E-state index in [0.717, 1.165) is 26.1 Å². The predicted octanol–water partition coefficient (Wildman–Crippen LogP) is 2.35. The highest BCUT2D eigenvalue weighted by Gasteiger charge is 2.28. The second-order valence-corrected chi connectivity index (χ2v) is 6.96. The zero-order valence-corrected chi connectivity index (χ0v) is 14.1. The number of aromatic nitrogens is 1. The number of hydrogen-bond acceptors (Lipinski definition) is 5. The summed E-state index contributed by atoms with van der Waals surface area (Å²) < 4.78 is 0. The maximum Gasteiger partial charge on any atom is 0.186 e. The third-order valence-electron chi connectivity index (χ3n) is 3.79. The van der Waals surface area contributed by atoms with E-state index in [4.69, 9.17) is 4.98 Å². The molecule has 1 aromatic heterocycles. The second-order valence-electron chi connectivity index (χ2n) is 5.90. The summed E-state index contributed by atoms with van der Waals surface area (Å²) in [7, 11) is 6.33. The van der Waals surface area contributed by atoms with E-state index in [1.165, 1.54) is 35.0 Å². The maximum atomic E-state index is 4.94. The third-order valence-corrected chi connectivity index (χ3v) is 4.92. The van der Waals surface area contributed by atoms with Gasteiger partial charge in [0, 0.05) is 30.6 Å². The molecule has 0 aliphatic carbocycles. The van der Waals surface area contributed by atoms with Crippen LogP contribution in [-0.4, -0.2) is 50.2 Å². The van der Waals surface area contributed by atoms with Crippen LogP contribution in [0.2, 0.25) is 0 Å². The Kier molecular flexibility index (Phi) is 5.81. The minimum absolute atomic E-state index is 0.632. The lowest BCUT2D eigenvalue weighted by atomic mass is 10.2. The number of nitrogens with zero attached hydrogens (tertiary/aromatic N) is 3. The fraction of sp³-hybridized carbons (Fsp3) is 0.800. The van der Waals surface area contributed by atoms with Gasteiger partial charge in [-0.1, -0.05) is 13.3 Å². The molecule has 0 amide bonds. The van der Waals surface area contributed by atoms with E-state index in [1.807, 2.05) is 18.4 Å². The molecule has 2 rings (SSSR count). The Hall–Kier alpha value is -0.650. The van der Waals surface area contributed by atoms with Gasteiger partial charge in [-0.2, -0.15) is 0 Å². The standard InChI is InChI=1S/C15H28N4S/c1-5-7-13-14(10-16-2)20-15(17-13)19-9-6-8-12(19)11-18(3)4/h12,16H,5-11H2,1-4H3. The van der Waals surface area contributed by atoms with Gasteiger partial charge in [-0.05, 0) is 40.4 Å². The molecule has 0 aromatic carbocycles. The highest BCUT2D eigenvalue weighted by atomic mass is 32.1. The molecule has 1 N–H and O–H groups in total. The van der Waals surface area contributed by atoms with Gasteiger partial charge in [0.2, 0.25) is 0 Å². The molecule has 1 aromatic rings. The summed E-state index contributed by atoms with van der Waals surface area (Å²) in [5, 5.41) is 4.51. The first kappa shape index (κ1) is 15.7. The van der Waals surface area contributed by atoms with Crippen molar-refractivity contribution in [2.45, 2.75) is 45.2 Å². The molecule has 1 aliphatic rings. The van der Waals surface area contributed by atoms with Crippen LogP contribution >= 0.6 is 11.3 Å². The van der Waals surface area contributed by atoms with Gasteiger partial charge in [0.1, 0.15) is 0 Å². The van der Waals surface area contributed by atoms with Crippen molar-refractivity contribution in [2.75, 3.05) is 39.1 Å². The van der Waals surface area contributed by atoms with Crippen molar-refractivity contribution in [3.05, 3.63) is 10.6 Å². The number of hydrogen-bond donors (Lipinski definition) is 1. The average molecular weight is 296 g/mol. The summed E-state index contributed by atoms with van der Waals surface area (Å²) in [6, 6.07) is 0.632. The summed E-state index contributed by atoms with van der Waals surface area (Å²) in [5.74, 6) is 0. The second kappa shape index (κ2) is 7.38. The van der Waals surface area contributed by atoms with Gasteiger partial charge in [-0.25, -0.2) is 4.98 Å². The number of thiazole rings is 1. The zero-order valence-electron chi connectivity index (χ0n) is 13.3. The van der Waals surface area contributed by atoms with E-state index in [1.54, 1.807) is 0 Å². The molecule has 1 aliphatic heterocycles. The number of nitrogens with one attached hydrogen (secondary N) is 1. The summed E-state index contributed by atoms with van der Waals surface area (Å²) in [5.41, 5.74) is 1.30. The molecule has 0 bridgehead atoms. The first-order valence-corrected chi connectivity index (χ1v) is 8.51. The molecule has 1 saturated heterocycles. The smallest absolute Gasteiger partial charge is 0.186 e. The minimum atomic E-state index is 0.632. The minimum Gasteiger partial charge on any atom is -0.344 e. The van der Waals surface area contributed by atoms with Crippen LogP contribution in [-0.2, 0) is 13.0 Å². The van der Waals surface area contributed by atoms with Crippen molar-refractivity contribution in [3.63, 3.8) is 0 Å². The van der Waals surface area contributed by atoms with Gasteiger partial charge in [-0.15, -0.1) is 11.3 Å². The molecule has 1 unspecified atom stereocenters. The van der Waals surface area contributed by atoms with Gasteiger partial charge in [0.05, 0.1) is 5.69 Å². The van der Waals surface area contributed by atoms with Crippen molar-refractivity contribution in [1.82, 2.24) is 15.2 Å². The third kappa shape index (κ3) is 3.71. The molecular weight excluding hydrogens is 268 g/mol. The first-order chi connectivity index (χ1) is 9.65. The van der Waals surface area contributed by atoms with E-state index in [9.17, 15) is 0 Å². The molecule has 1 atom stereocenters. The van der Waals surface area contributed by atoms with Gasteiger partial charge in [0.15, 0.2) is 5.13 Å². The van der Waals surface area contributed by atoms with Crippen molar-refractivity contribution in [1.29, 1.82) is 0 Å². The quantitative estimate of drug-likeness (QED) is 0.837. The monoisotopic (exact) mass is 296 g/mol. The van der Waals surface area contributed by atoms with Crippen LogP contribution < -0.4 is 10.2 Å². The first-order valence-electron chi connectivity index (χ1n) is 7.70. The highest BCUT2D eigenvalue weighted by Crippen LogP contribution is 2.32. The van der Waals surface area contributed by atoms with Crippen LogP contribution in [0.25, 0.3) is 0 Å². The van der Waals surface area contributed by atoms with Crippen molar-refractivity contribution in [2.24, 2.45) is 0 Å². The Morgan fingerprint density at radius 1 is 1.45 bits per heavy atom. The van der Waals surface area contributed by atoms with E-state index >= 15 is 0 Å². The van der Waals surface area contributed by atoms with Crippen LogP contribution in [0.4, 0.5) is 5.13 Å². The molecule has 2 heterocycles. The molecule has 5 heteroatoms. The van der Waals surface area contributed by atoms with Crippen LogP contribution in [0.3, 0.4) is 0 Å². The highest BCUT2D eigenvalue weighted by molar-refractivity contribution is 7.15. The van der Waals surface area contributed by atoms with Gasteiger partial charge < -0.3 is 15.1 Å². The van der Waals surface area contributed by atoms with Crippen LogP contribution in [0.15, 0.2) is 0 Å². The van der Waals surface area contributed by atoms with Crippen molar-refractivity contribution >= 4 is 16.5 Å². The summed E-state index contributed by atoms with van der Waals surface area (Å²) in [6.45, 7) is 5.46. The van der Waals surface area contributed by atoms with E-state index < -0.39 is 0 Å². The molecule has 20 heavy (non-hydrogen) atoms. The number of anilines is 1. The normalized spacial score (nSPS) is 19.2. The largest absolute Gasteiger partial charge is 0.344 e. The Labute approximate surface area is 127 Å². The van der Waals surface area contributed by atoms with Crippen LogP contribution in [0.5, 0.6) is 0 Å². The summed E-state index contributed by atoms with van der Waals surface area (Å²) >= 11 is 1.89. The van der Waals surface area contributed by atoms with E-state index in [2.05, 4.69) is 36.1 Å². The van der Waals surface area contributed by atoms with Gasteiger partial charge in [-0.3, -0.25) is 0 Å². The fourth-order valence-electron chi connectivity index (χ4n) is 2.92. The van der Waals surface area contributed by atoms with E-state index in [0.29, 0.717) is 6.04 Å². The van der Waals surface area contributed by atoms with Gasteiger partial charge >= 0.3 is 0 Å². The van der Waals surface area contributed by atoms with Crippen molar-refractivity contribution < 1.29 is 0 Å². The number of rotatable bonds is 7. The molecule has 0 radical (unpaired) electrons. The Balaban J connectivity index is 2.16. The molecule has 114 valence electrons. The lowest BCUT2D eigenvalue weighted by Gasteiger charge is -2.26. The topological polar surface area (TPSA) is 31.4 Å². The predicted molar refractivity (Wildman–Crippen MR) is 87.8 cm³/mol. The van der Waals surface area contributed by atoms with Gasteiger partial charge in [0.25, 0.3) is 0 Å². The molecule has 0 saturated carbocycles. The average Bonchev–Trinajstić information content (AvgIpc) is 2.97. The molecule has 0 spiro atoms. The summed E-state index contributed by atoms with van der Waals surface area (Å²) in [4.78, 5) is 11.2. The van der Waals surface area contributed by atoms with E-state index in [-0.39, 0.29) is 0 Å². The zero-order chi connectivity index (χ0) is 14.5. The van der Waals surface area contributed by atoms with Crippen LogP contribution in [0, 0.1) is 0 Å². The lowest BCUT2D eigenvalue weighted by Crippen LogP contribution is -2.37. The van der Waals surface area contributed by atoms with Crippen molar-refractivity contribution in [3.8, 4) is 0 Å². The SMILES string of the molecule is CCCc1nc(N2CCCC2CN(C)C)sc1CNC. The number of likely N-dealkylation sites (N-methyl/N-ethyl adjacent to an activating group) is 1. The number of aryl methyl sites for hydroxylation is 1. The summed E-state index contributed by atoms with van der Waals surface area (Å²) in [6.07, 6.45) is 4.85. The fourth-order valence-corrected chi connectivity index (χ4v) is 4.14. The maximum absolute atomic E-state index is 4.94. The molecule has 1 fully saturated rings. The van der Waals surface area contributed by atoms with Crippen LogP contribution in [0.1, 0.15) is 36.8 Å². The Bertz CT molecular complexity index is 393. The Morgan fingerprint density at radius 3 is 2.90 bits per heavy atom. The molecular formula is C15H28N4S. The lowest BCUT2D eigenvalue weighted by molar-refractivity contribution is 0.372. The Morgan fingerprint density at radius 2 is 2.25 bits per heavy atom.